The Morgan fingerprint density at radius 3 is 3.00 bits per heavy atom. The molecule has 1 N–H and O–H groups in total. The fourth-order valence-corrected chi connectivity index (χ4v) is 3.51. The first kappa shape index (κ1) is 16.4. The van der Waals surface area contributed by atoms with Gasteiger partial charge in [0.15, 0.2) is 0 Å². The molecule has 1 aromatic heterocycles. The van der Waals surface area contributed by atoms with Gasteiger partial charge in [0.1, 0.15) is 5.75 Å². The van der Waals surface area contributed by atoms with Gasteiger partial charge in [-0.05, 0) is 54.3 Å². The highest BCUT2D eigenvalue weighted by atomic mass is 16.5. The van der Waals surface area contributed by atoms with E-state index in [4.69, 9.17) is 4.74 Å². The predicted octanol–water partition coefficient (Wildman–Crippen LogP) is 3.86. The predicted molar refractivity (Wildman–Crippen MR) is 98.9 cm³/mol. The molecule has 26 heavy (non-hydrogen) atoms. The molecule has 0 bridgehead atoms. The van der Waals surface area contributed by atoms with Crippen LogP contribution in [0.5, 0.6) is 5.75 Å². The van der Waals surface area contributed by atoms with Gasteiger partial charge in [0.25, 0.3) is 5.91 Å². The standard InChI is InChI=1S/C21H20N3O2/c1-26-19-5-2-4-17(12-19)20-6-3-11-24(20)21(25)16-9-7-15(8-10-16)18-13-22-23-14-18/h2,4-5,7,9-10,12-14,20H,3,6,11H2,1H3,(H,22,23). The average molecular weight is 346 g/mol. The molecule has 1 aliphatic rings. The molecule has 1 radical (unpaired) electrons. The Labute approximate surface area is 152 Å². The number of carbonyl (C=O) groups is 1. The molecule has 0 saturated carbocycles. The molecule has 0 spiro atoms. The summed E-state index contributed by atoms with van der Waals surface area (Å²) in [4.78, 5) is 15.0. The van der Waals surface area contributed by atoms with E-state index in [-0.39, 0.29) is 11.9 Å². The molecule has 1 atom stereocenters. The van der Waals surface area contributed by atoms with E-state index in [0.717, 1.165) is 41.8 Å². The molecular weight excluding hydrogens is 326 g/mol. The Morgan fingerprint density at radius 2 is 2.27 bits per heavy atom. The number of benzene rings is 2. The van der Waals surface area contributed by atoms with Crippen molar-refractivity contribution < 1.29 is 9.53 Å². The second-order valence-corrected chi connectivity index (χ2v) is 6.41. The van der Waals surface area contributed by atoms with Crippen molar-refractivity contribution in [2.45, 2.75) is 18.9 Å². The van der Waals surface area contributed by atoms with Gasteiger partial charge in [0, 0.05) is 23.9 Å². The van der Waals surface area contributed by atoms with E-state index in [1.165, 1.54) is 0 Å². The highest BCUT2D eigenvalue weighted by Gasteiger charge is 2.30. The molecule has 1 fully saturated rings. The normalized spacial score (nSPS) is 16.7. The maximum absolute atomic E-state index is 13.0. The molecule has 4 rings (SSSR count). The summed E-state index contributed by atoms with van der Waals surface area (Å²) in [6.07, 6.45) is 5.53. The van der Waals surface area contributed by atoms with E-state index in [9.17, 15) is 4.79 Å². The third-order valence-electron chi connectivity index (χ3n) is 4.86. The zero-order valence-electron chi connectivity index (χ0n) is 14.6. The van der Waals surface area contributed by atoms with Crippen LogP contribution in [-0.4, -0.2) is 34.7 Å². The van der Waals surface area contributed by atoms with Crippen LogP contribution >= 0.6 is 0 Å². The summed E-state index contributed by atoms with van der Waals surface area (Å²) < 4.78 is 5.33. The van der Waals surface area contributed by atoms with Crippen LogP contribution in [-0.2, 0) is 0 Å². The topological polar surface area (TPSA) is 58.2 Å². The smallest absolute Gasteiger partial charge is 0.254 e. The Bertz CT molecular complexity index is 888. The summed E-state index contributed by atoms with van der Waals surface area (Å²) in [6.45, 7) is 0.768. The fourth-order valence-electron chi connectivity index (χ4n) is 3.51. The second-order valence-electron chi connectivity index (χ2n) is 6.41. The van der Waals surface area contributed by atoms with Crippen LogP contribution in [0.4, 0.5) is 0 Å². The van der Waals surface area contributed by atoms with Crippen molar-refractivity contribution in [3.8, 4) is 16.9 Å². The first-order valence-corrected chi connectivity index (χ1v) is 8.72. The number of amides is 1. The number of hydrogen-bond acceptors (Lipinski definition) is 3. The third kappa shape index (κ3) is 3.08. The van der Waals surface area contributed by atoms with E-state index in [2.05, 4.69) is 22.3 Å². The lowest BCUT2D eigenvalue weighted by molar-refractivity contribution is 0.0735. The molecule has 0 aliphatic carbocycles. The van der Waals surface area contributed by atoms with Crippen LogP contribution in [0.2, 0.25) is 0 Å². The zero-order valence-corrected chi connectivity index (χ0v) is 14.6. The van der Waals surface area contributed by atoms with Gasteiger partial charge in [-0.2, -0.15) is 5.10 Å². The SMILES string of the molecule is COc1cccc(C2CCCN2C(=O)c2c[c]c(-c3cn[nH]c3)cc2)c1. The van der Waals surface area contributed by atoms with Gasteiger partial charge in [0.2, 0.25) is 0 Å². The van der Waals surface area contributed by atoms with Crippen LogP contribution in [0.15, 0.2) is 54.9 Å². The van der Waals surface area contributed by atoms with E-state index >= 15 is 0 Å². The summed E-state index contributed by atoms with van der Waals surface area (Å²) in [7, 11) is 1.66. The summed E-state index contributed by atoms with van der Waals surface area (Å²) >= 11 is 0. The zero-order chi connectivity index (χ0) is 17.9. The number of nitrogens with zero attached hydrogens (tertiary/aromatic N) is 2. The van der Waals surface area contributed by atoms with Crippen LogP contribution in [0.25, 0.3) is 11.1 Å². The number of aromatic amines is 1. The van der Waals surface area contributed by atoms with Gasteiger partial charge in [-0.25, -0.2) is 0 Å². The number of ether oxygens (including phenoxy) is 1. The average Bonchev–Trinajstić information content (AvgIpc) is 3.39. The van der Waals surface area contributed by atoms with Gasteiger partial charge in [-0.1, -0.05) is 18.2 Å². The lowest BCUT2D eigenvalue weighted by Gasteiger charge is -2.25. The molecule has 131 valence electrons. The number of rotatable bonds is 4. The van der Waals surface area contributed by atoms with Crippen molar-refractivity contribution in [2.75, 3.05) is 13.7 Å². The number of aromatic nitrogens is 2. The number of H-pyrrole nitrogens is 1. The quantitative estimate of drug-likeness (QED) is 0.780. The monoisotopic (exact) mass is 346 g/mol. The van der Waals surface area contributed by atoms with E-state index in [1.54, 1.807) is 19.4 Å². The Kier molecular flexibility index (Phi) is 4.44. The Morgan fingerprint density at radius 1 is 1.35 bits per heavy atom. The first-order valence-electron chi connectivity index (χ1n) is 8.72. The van der Waals surface area contributed by atoms with Crippen molar-refractivity contribution in [1.82, 2.24) is 15.1 Å². The van der Waals surface area contributed by atoms with Crippen molar-refractivity contribution in [2.24, 2.45) is 0 Å². The number of likely N-dealkylation sites (tertiary alicyclic amines) is 1. The highest BCUT2D eigenvalue weighted by molar-refractivity contribution is 5.95. The summed E-state index contributed by atoms with van der Waals surface area (Å²) in [5.41, 5.74) is 3.65. The molecule has 1 amide bonds. The molecule has 1 aliphatic heterocycles. The largest absolute Gasteiger partial charge is 0.497 e. The lowest BCUT2D eigenvalue weighted by Crippen LogP contribution is -2.30. The van der Waals surface area contributed by atoms with Crippen molar-refractivity contribution in [1.29, 1.82) is 0 Å². The summed E-state index contributed by atoms with van der Waals surface area (Å²) in [5.74, 6) is 0.866. The number of hydrogen-bond donors (Lipinski definition) is 1. The van der Waals surface area contributed by atoms with Crippen LogP contribution in [0.3, 0.4) is 0 Å². The van der Waals surface area contributed by atoms with Crippen LogP contribution < -0.4 is 4.74 Å². The van der Waals surface area contributed by atoms with Crippen molar-refractivity contribution in [3.63, 3.8) is 0 Å². The van der Waals surface area contributed by atoms with Gasteiger partial charge < -0.3 is 9.64 Å². The van der Waals surface area contributed by atoms with E-state index in [1.807, 2.05) is 41.4 Å². The summed E-state index contributed by atoms with van der Waals surface area (Å²) in [5, 5.41) is 6.73. The minimum atomic E-state index is 0.0466. The van der Waals surface area contributed by atoms with Gasteiger partial charge in [-0.15, -0.1) is 0 Å². The third-order valence-corrected chi connectivity index (χ3v) is 4.86. The fraction of sp³-hybridized carbons (Fsp3) is 0.238. The van der Waals surface area contributed by atoms with E-state index in [0.29, 0.717) is 5.56 Å². The first-order chi connectivity index (χ1) is 12.8. The molecule has 2 aromatic carbocycles. The van der Waals surface area contributed by atoms with Gasteiger partial charge >= 0.3 is 0 Å². The molecule has 3 aromatic rings. The van der Waals surface area contributed by atoms with Gasteiger partial charge in [-0.3, -0.25) is 9.89 Å². The Hall–Kier alpha value is -3.08. The summed E-state index contributed by atoms with van der Waals surface area (Å²) in [6, 6.07) is 16.8. The lowest BCUT2D eigenvalue weighted by atomic mass is 10.0. The number of methoxy groups -OCH3 is 1. The minimum Gasteiger partial charge on any atom is -0.497 e. The molecule has 5 nitrogen and oxygen atoms in total. The van der Waals surface area contributed by atoms with Crippen LogP contribution in [0.1, 0.15) is 34.8 Å². The number of nitrogens with one attached hydrogen (secondary N) is 1. The second kappa shape index (κ2) is 7.04. The van der Waals surface area contributed by atoms with Crippen LogP contribution in [0, 0.1) is 6.07 Å². The molecule has 2 heterocycles. The van der Waals surface area contributed by atoms with Crippen molar-refractivity contribution in [3.05, 3.63) is 72.1 Å². The molecule has 1 saturated heterocycles. The Balaban J connectivity index is 1.56. The highest BCUT2D eigenvalue weighted by Crippen LogP contribution is 2.34. The molecule has 1 unspecified atom stereocenters. The minimum absolute atomic E-state index is 0.0466. The number of carbonyl (C=O) groups excluding carboxylic acids is 1. The molecular formula is C21H20N3O2. The van der Waals surface area contributed by atoms with E-state index < -0.39 is 0 Å². The maximum Gasteiger partial charge on any atom is 0.254 e. The maximum atomic E-state index is 13.0. The molecule has 5 heteroatoms. The van der Waals surface area contributed by atoms with Gasteiger partial charge in [0.05, 0.1) is 19.3 Å². The van der Waals surface area contributed by atoms with Crippen molar-refractivity contribution >= 4 is 5.91 Å².